The van der Waals surface area contributed by atoms with Gasteiger partial charge >= 0.3 is 0 Å². The van der Waals surface area contributed by atoms with Crippen LogP contribution in [0.2, 0.25) is 5.02 Å². The van der Waals surface area contributed by atoms with Crippen LogP contribution in [0.1, 0.15) is 41.6 Å². The Balaban J connectivity index is 1.89. The smallest absolute Gasteiger partial charge is 0.255 e. The molecule has 0 bridgehead atoms. The fourth-order valence-electron chi connectivity index (χ4n) is 4.12. The molecule has 2 saturated heterocycles. The summed E-state index contributed by atoms with van der Waals surface area (Å²) in [7, 11) is 1.64. The molecule has 25 heavy (non-hydrogen) atoms. The van der Waals surface area contributed by atoms with Crippen LogP contribution >= 0.6 is 11.6 Å². The molecule has 1 atom stereocenters. The number of methoxy groups -OCH3 is 1. The molecule has 6 heteroatoms. The minimum absolute atomic E-state index is 0.0707. The van der Waals surface area contributed by atoms with Crippen molar-refractivity contribution in [3.8, 4) is 0 Å². The average Bonchev–Trinajstić information content (AvgIpc) is 3.02. The fraction of sp³-hybridized carbons (Fsp3) is 0.579. The maximum atomic E-state index is 13.2. The molecule has 136 valence electrons. The molecule has 1 aromatic carbocycles. The van der Waals surface area contributed by atoms with E-state index in [1.165, 1.54) is 0 Å². The largest absolute Gasteiger partial charge is 0.383 e. The van der Waals surface area contributed by atoms with Gasteiger partial charge in [-0.05, 0) is 50.3 Å². The van der Waals surface area contributed by atoms with Crippen molar-refractivity contribution in [2.75, 3.05) is 33.4 Å². The maximum absolute atomic E-state index is 13.2. The van der Waals surface area contributed by atoms with E-state index in [-0.39, 0.29) is 11.8 Å². The van der Waals surface area contributed by atoms with Crippen molar-refractivity contribution in [1.82, 2.24) is 9.80 Å². The molecular formula is C19H25ClN2O3. The fourth-order valence-corrected chi connectivity index (χ4v) is 4.30. The number of halogens is 1. The van der Waals surface area contributed by atoms with Gasteiger partial charge in [0.2, 0.25) is 5.91 Å². The summed E-state index contributed by atoms with van der Waals surface area (Å²) in [6, 6.07) is 5.37. The number of hydrogen-bond acceptors (Lipinski definition) is 3. The van der Waals surface area contributed by atoms with Gasteiger partial charge in [-0.3, -0.25) is 9.59 Å². The predicted molar refractivity (Wildman–Crippen MR) is 96.9 cm³/mol. The summed E-state index contributed by atoms with van der Waals surface area (Å²) in [6.07, 6.45) is 3.24. The topological polar surface area (TPSA) is 49.9 Å². The molecule has 1 spiro atoms. The van der Waals surface area contributed by atoms with Crippen LogP contribution in [-0.2, 0) is 9.53 Å². The van der Waals surface area contributed by atoms with Crippen molar-refractivity contribution >= 4 is 23.4 Å². The highest BCUT2D eigenvalue weighted by Crippen LogP contribution is 2.39. The number of nitrogens with zero attached hydrogens (tertiary/aromatic N) is 2. The lowest BCUT2D eigenvalue weighted by Gasteiger charge is -2.44. The van der Waals surface area contributed by atoms with E-state index in [1.807, 2.05) is 11.8 Å². The molecule has 0 aliphatic carbocycles. The summed E-state index contributed by atoms with van der Waals surface area (Å²) in [6.45, 7) is 4.31. The quantitative estimate of drug-likeness (QED) is 0.825. The monoisotopic (exact) mass is 364 g/mol. The van der Waals surface area contributed by atoms with Gasteiger partial charge in [-0.25, -0.2) is 0 Å². The number of carbonyl (C=O) groups excluding carboxylic acids is 2. The summed E-state index contributed by atoms with van der Waals surface area (Å²) >= 11 is 6.19. The lowest BCUT2D eigenvalue weighted by atomic mass is 9.85. The first-order valence-corrected chi connectivity index (χ1v) is 9.24. The first kappa shape index (κ1) is 18.2. The number of amides is 2. The van der Waals surface area contributed by atoms with Gasteiger partial charge in [0.1, 0.15) is 5.54 Å². The Morgan fingerprint density at radius 3 is 2.72 bits per heavy atom. The van der Waals surface area contributed by atoms with Gasteiger partial charge in [0, 0.05) is 37.3 Å². The van der Waals surface area contributed by atoms with Gasteiger partial charge in [0.25, 0.3) is 5.91 Å². The van der Waals surface area contributed by atoms with Crippen LogP contribution < -0.4 is 0 Å². The SMILES string of the molecule is COCCN1CCCC2(CCCN2C(=O)c2cccc(Cl)c2C)C1=O. The second-order valence-electron chi connectivity index (χ2n) is 6.89. The Morgan fingerprint density at radius 1 is 1.28 bits per heavy atom. The lowest BCUT2D eigenvalue weighted by Crippen LogP contribution is -2.61. The van der Waals surface area contributed by atoms with Crippen LogP contribution in [-0.4, -0.2) is 60.5 Å². The van der Waals surface area contributed by atoms with Gasteiger partial charge in [-0.1, -0.05) is 17.7 Å². The standard InChI is InChI=1S/C19H25ClN2O3/c1-14-15(6-3-7-16(14)20)17(23)22-11-5-9-19(22)8-4-10-21(18(19)24)12-13-25-2/h3,6-7H,4-5,8-13H2,1-2H3. The van der Waals surface area contributed by atoms with E-state index in [9.17, 15) is 9.59 Å². The van der Waals surface area contributed by atoms with E-state index in [0.29, 0.717) is 30.3 Å². The molecule has 3 rings (SSSR count). The summed E-state index contributed by atoms with van der Waals surface area (Å²) in [5.74, 6) is -0.0132. The van der Waals surface area contributed by atoms with Gasteiger partial charge in [0.15, 0.2) is 0 Å². The molecule has 2 heterocycles. The Morgan fingerprint density at radius 2 is 2.00 bits per heavy atom. The predicted octanol–water partition coefficient (Wildman–Crippen LogP) is 2.89. The molecule has 1 unspecified atom stereocenters. The Labute approximate surface area is 153 Å². The summed E-state index contributed by atoms with van der Waals surface area (Å²) in [5.41, 5.74) is 0.670. The van der Waals surface area contributed by atoms with E-state index in [2.05, 4.69) is 0 Å². The summed E-state index contributed by atoms with van der Waals surface area (Å²) in [4.78, 5) is 30.1. The van der Waals surface area contributed by atoms with Gasteiger partial charge in [-0.15, -0.1) is 0 Å². The number of hydrogen-bond donors (Lipinski definition) is 0. The van der Waals surface area contributed by atoms with Crippen LogP contribution in [0.5, 0.6) is 0 Å². The lowest BCUT2D eigenvalue weighted by molar-refractivity contribution is -0.146. The molecule has 2 aliphatic rings. The second-order valence-corrected chi connectivity index (χ2v) is 7.30. The van der Waals surface area contributed by atoms with E-state index in [1.54, 1.807) is 30.2 Å². The molecule has 0 N–H and O–H groups in total. The molecule has 2 fully saturated rings. The van der Waals surface area contributed by atoms with E-state index >= 15 is 0 Å². The Kier molecular flexibility index (Phi) is 5.35. The van der Waals surface area contributed by atoms with Crippen LogP contribution in [0, 0.1) is 6.92 Å². The molecule has 0 aromatic heterocycles. The maximum Gasteiger partial charge on any atom is 0.255 e. The third-order valence-electron chi connectivity index (χ3n) is 5.50. The van der Waals surface area contributed by atoms with Gasteiger partial charge in [0.05, 0.1) is 6.61 Å². The van der Waals surface area contributed by atoms with Gasteiger partial charge in [-0.2, -0.15) is 0 Å². The van der Waals surface area contributed by atoms with Crippen molar-refractivity contribution in [1.29, 1.82) is 0 Å². The van der Waals surface area contributed by atoms with Crippen LogP contribution in [0.3, 0.4) is 0 Å². The highest BCUT2D eigenvalue weighted by Gasteiger charge is 2.52. The summed E-state index contributed by atoms with van der Waals surface area (Å²) in [5, 5.41) is 0.579. The number of piperidine rings is 1. The van der Waals surface area contributed by atoms with Crippen molar-refractivity contribution < 1.29 is 14.3 Å². The Hall–Kier alpha value is -1.59. The van der Waals surface area contributed by atoms with Crippen molar-refractivity contribution in [2.45, 2.75) is 38.1 Å². The van der Waals surface area contributed by atoms with Crippen LogP contribution in [0.4, 0.5) is 0 Å². The number of rotatable bonds is 4. The first-order valence-electron chi connectivity index (χ1n) is 8.86. The molecule has 5 nitrogen and oxygen atoms in total. The zero-order valence-corrected chi connectivity index (χ0v) is 15.6. The minimum atomic E-state index is -0.697. The van der Waals surface area contributed by atoms with E-state index < -0.39 is 5.54 Å². The number of carbonyl (C=O) groups is 2. The number of likely N-dealkylation sites (tertiary alicyclic amines) is 2. The molecular weight excluding hydrogens is 340 g/mol. The zero-order chi connectivity index (χ0) is 18.0. The van der Waals surface area contributed by atoms with E-state index in [0.717, 1.165) is 37.8 Å². The van der Waals surface area contributed by atoms with Crippen LogP contribution in [0.25, 0.3) is 0 Å². The molecule has 0 radical (unpaired) electrons. The van der Waals surface area contributed by atoms with E-state index in [4.69, 9.17) is 16.3 Å². The van der Waals surface area contributed by atoms with Crippen LogP contribution in [0.15, 0.2) is 18.2 Å². The first-order chi connectivity index (χ1) is 12.0. The number of ether oxygens (including phenoxy) is 1. The molecule has 1 aromatic rings. The third kappa shape index (κ3) is 3.15. The Bertz CT molecular complexity index is 679. The normalized spacial score (nSPS) is 23.6. The van der Waals surface area contributed by atoms with Crippen molar-refractivity contribution in [3.63, 3.8) is 0 Å². The molecule has 2 aliphatic heterocycles. The number of benzene rings is 1. The second kappa shape index (κ2) is 7.34. The third-order valence-corrected chi connectivity index (χ3v) is 5.91. The summed E-state index contributed by atoms with van der Waals surface area (Å²) < 4.78 is 5.13. The van der Waals surface area contributed by atoms with Crippen molar-refractivity contribution in [3.05, 3.63) is 34.3 Å². The average molecular weight is 365 g/mol. The van der Waals surface area contributed by atoms with Crippen molar-refractivity contribution in [2.24, 2.45) is 0 Å². The van der Waals surface area contributed by atoms with Gasteiger partial charge < -0.3 is 14.5 Å². The zero-order valence-electron chi connectivity index (χ0n) is 14.9. The highest BCUT2D eigenvalue weighted by molar-refractivity contribution is 6.31. The molecule has 0 saturated carbocycles. The molecule has 2 amide bonds. The highest BCUT2D eigenvalue weighted by atomic mass is 35.5. The minimum Gasteiger partial charge on any atom is -0.383 e.